The number of benzene rings is 1. The van der Waals surface area contributed by atoms with E-state index in [2.05, 4.69) is 6.92 Å². The highest BCUT2D eigenvalue weighted by atomic mass is 16.3. The van der Waals surface area contributed by atoms with Crippen LogP contribution in [0.15, 0.2) is 18.2 Å². The first-order valence-corrected chi connectivity index (χ1v) is 13.7. The predicted molar refractivity (Wildman–Crippen MR) is 136 cm³/mol. The van der Waals surface area contributed by atoms with Crippen LogP contribution >= 0.6 is 0 Å². The van der Waals surface area contributed by atoms with E-state index in [1.165, 1.54) is 134 Å². The largest absolute Gasteiger partial charge is 0.508 e. The van der Waals surface area contributed by atoms with Gasteiger partial charge in [-0.2, -0.15) is 0 Å². The molecule has 2 nitrogen and oxygen atoms in total. The van der Waals surface area contributed by atoms with Crippen molar-refractivity contribution < 1.29 is 10.2 Å². The van der Waals surface area contributed by atoms with Crippen molar-refractivity contribution in [2.75, 3.05) is 0 Å². The maximum atomic E-state index is 9.80. The highest BCUT2D eigenvalue weighted by Crippen LogP contribution is 2.24. The Balaban J connectivity index is 1.72. The normalized spacial score (nSPS) is 11.3. The fraction of sp³-hybridized carbons (Fsp3) is 0.793. The van der Waals surface area contributed by atoms with Crippen LogP contribution in [0.5, 0.6) is 11.5 Å². The minimum Gasteiger partial charge on any atom is -0.508 e. The van der Waals surface area contributed by atoms with E-state index in [-0.39, 0.29) is 11.5 Å². The van der Waals surface area contributed by atoms with Crippen molar-refractivity contribution in [2.45, 2.75) is 148 Å². The molecule has 0 aliphatic rings. The van der Waals surface area contributed by atoms with Gasteiger partial charge in [0.2, 0.25) is 0 Å². The molecule has 0 fully saturated rings. The summed E-state index contributed by atoms with van der Waals surface area (Å²) in [5.74, 6) is 0.369. The lowest BCUT2D eigenvalue weighted by Crippen LogP contribution is -1.87. The molecule has 1 rings (SSSR count). The van der Waals surface area contributed by atoms with Crippen LogP contribution in [0.4, 0.5) is 0 Å². The van der Waals surface area contributed by atoms with Crippen LogP contribution in [0.3, 0.4) is 0 Å². The van der Waals surface area contributed by atoms with Crippen molar-refractivity contribution in [1.29, 1.82) is 0 Å². The van der Waals surface area contributed by atoms with E-state index in [0.717, 1.165) is 18.4 Å². The van der Waals surface area contributed by atoms with E-state index in [9.17, 15) is 10.2 Å². The lowest BCUT2D eigenvalue weighted by Gasteiger charge is -2.06. The average Bonchev–Trinajstić information content (AvgIpc) is 2.76. The summed E-state index contributed by atoms with van der Waals surface area (Å²) in [7, 11) is 0. The van der Waals surface area contributed by atoms with Crippen molar-refractivity contribution in [3.63, 3.8) is 0 Å². The van der Waals surface area contributed by atoms with Crippen LogP contribution in [0, 0.1) is 0 Å². The monoisotopic (exact) mass is 432 g/mol. The summed E-state index contributed by atoms with van der Waals surface area (Å²) in [5.41, 5.74) is 0.954. The first-order valence-electron chi connectivity index (χ1n) is 13.7. The second-order valence-electron chi connectivity index (χ2n) is 9.63. The van der Waals surface area contributed by atoms with Crippen molar-refractivity contribution in [1.82, 2.24) is 0 Å². The number of hydrogen-bond acceptors (Lipinski definition) is 2. The number of phenols is 2. The zero-order chi connectivity index (χ0) is 22.4. The lowest BCUT2D eigenvalue weighted by molar-refractivity contribution is 0.444. The summed E-state index contributed by atoms with van der Waals surface area (Å²) in [6.45, 7) is 2.29. The van der Waals surface area contributed by atoms with Crippen LogP contribution in [0.25, 0.3) is 0 Å². The van der Waals surface area contributed by atoms with Crippen LogP contribution in [0.2, 0.25) is 0 Å². The van der Waals surface area contributed by atoms with E-state index in [4.69, 9.17) is 0 Å². The van der Waals surface area contributed by atoms with Crippen molar-refractivity contribution >= 4 is 0 Å². The third kappa shape index (κ3) is 17.1. The van der Waals surface area contributed by atoms with Gasteiger partial charge in [0.25, 0.3) is 0 Å². The average molecular weight is 433 g/mol. The Labute approximate surface area is 193 Å². The molecule has 1 aromatic carbocycles. The molecule has 0 unspecified atom stereocenters. The molecule has 2 heteroatoms. The summed E-state index contributed by atoms with van der Waals surface area (Å²) >= 11 is 0. The Morgan fingerprint density at radius 2 is 0.839 bits per heavy atom. The third-order valence-electron chi connectivity index (χ3n) is 6.62. The van der Waals surface area contributed by atoms with Gasteiger partial charge in [0.05, 0.1) is 0 Å². The summed E-state index contributed by atoms with van der Waals surface area (Å²) in [6.07, 6.45) is 30.3. The molecular formula is C29H52O2. The van der Waals surface area contributed by atoms with Crippen LogP contribution in [0.1, 0.15) is 147 Å². The maximum Gasteiger partial charge on any atom is 0.122 e. The van der Waals surface area contributed by atoms with E-state index in [1.54, 1.807) is 6.07 Å². The molecule has 0 atom stereocenters. The van der Waals surface area contributed by atoms with Gasteiger partial charge in [0.1, 0.15) is 11.5 Å². The quantitative estimate of drug-likeness (QED) is 0.179. The number of unbranched alkanes of at least 4 members (excludes halogenated alkanes) is 20. The minimum atomic E-state index is 0.139. The van der Waals surface area contributed by atoms with Crippen molar-refractivity contribution in [2.24, 2.45) is 0 Å². The van der Waals surface area contributed by atoms with Crippen LogP contribution in [-0.4, -0.2) is 10.2 Å². The van der Waals surface area contributed by atoms with Crippen molar-refractivity contribution in [3.8, 4) is 11.5 Å². The molecule has 0 aromatic heterocycles. The van der Waals surface area contributed by atoms with Gasteiger partial charge in [-0.1, -0.05) is 141 Å². The Kier molecular flexibility index (Phi) is 18.6. The Hall–Kier alpha value is -1.18. The van der Waals surface area contributed by atoms with Gasteiger partial charge in [-0.3, -0.25) is 0 Å². The minimum absolute atomic E-state index is 0.139. The zero-order valence-corrected chi connectivity index (χ0v) is 20.7. The molecule has 0 aliphatic heterocycles. The molecule has 0 spiro atoms. The van der Waals surface area contributed by atoms with Crippen molar-refractivity contribution in [3.05, 3.63) is 23.8 Å². The van der Waals surface area contributed by atoms with E-state index in [0.29, 0.717) is 0 Å². The molecule has 0 radical (unpaired) electrons. The second-order valence-corrected chi connectivity index (χ2v) is 9.63. The predicted octanol–water partition coefficient (Wildman–Crippen LogP) is 9.85. The molecule has 31 heavy (non-hydrogen) atoms. The molecule has 0 aliphatic carbocycles. The molecule has 1 aromatic rings. The Bertz CT molecular complexity index is 511. The fourth-order valence-electron chi connectivity index (χ4n) is 4.51. The van der Waals surface area contributed by atoms with Gasteiger partial charge >= 0.3 is 0 Å². The number of phenolic OH excluding ortho intramolecular Hbond substituents is 2. The van der Waals surface area contributed by atoms with Crippen LogP contribution in [-0.2, 0) is 6.42 Å². The van der Waals surface area contributed by atoms with Crippen LogP contribution < -0.4 is 0 Å². The molecule has 0 bridgehead atoms. The highest BCUT2D eigenvalue weighted by Gasteiger charge is 2.02. The fourth-order valence-corrected chi connectivity index (χ4v) is 4.51. The molecule has 180 valence electrons. The first-order chi connectivity index (χ1) is 15.2. The maximum absolute atomic E-state index is 9.80. The smallest absolute Gasteiger partial charge is 0.122 e. The summed E-state index contributed by atoms with van der Waals surface area (Å²) in [6, 6.07) is 4.93. The highest BCUT2D eigenvalue weighted by molar-refractivity contribution is 5.38. The summed E-state index contributed by atoms with van der Waals surface area (Å²) in [5, 5.41) is 19.1. The number of rotatable bonds is 22. The number of hydrogen-bond donors (Lipinski definition) is 2. The van der Waals surface area contributed by atoms with Gasteiger partial charge in [-0.25, -0.2) is 0 Å². The van der Waals surface area contributed by atoms with E-state index in [1.807, 2.05) is 6.07 Å². The molecular weight excluding hydrogens is 380 g/mol. The SMILES string of the molecule is CCCCCCCCCCCCCCCCCCCCCCCc1ccc(O)cc1O. The topological polar surface area (TPSA) is 40.5 Å². The number of aromatic hydroxyl groups is 2. The van der Waals surface area contributed by atoms with Gasteiger partial charge < -0.3 is 10.2 Å². The van der Waals surface area contributed by atoms with Gasteiger partial charge in [-0.05, 0) is 24.5 Å². The third-order valence-corrected chi connectivity index (χ3v) is 6.62. The standard InChI is InChI=1S/C29H52O2/c1-2-3-4-5-6-7-8-9-10-11-12-13-14-15-16-17-18-19-20-21-22-23-27-24-25-28(30)26-29(27)31/h24-26,30-31H,2-23H2,1H3. The lowest BCUT2D eigenvalue weighted by atomic mass is 10.0. The summed E-state index contributed by atoms with van der Waals surface area (Å²) in [4.78, 5) is 0. The zero-order valence-electron chi connectivity index (χ0n) is 20.7. The molecule has 2 N–H and O–H groups in total. The van der Waals surface area contributed by atoms with Gasteiger partial charge in [0, 0.05) is 6.07 Å². The first kappa shape index (κ1) is 27.9. The van der Waals surface area contributed by atoms with E-state index < -0.39 is 0 Å². The second kappa shape index (κ2) is 20.7. The molecule has 0 saturated heterocycles. The molecule has 0 amide bonds. The number of aryl methyl sites for hydroxylation is 1. The Morgan fingerprint density at radius 3 is 1.19 bits per heavy atom. The van der Waals surface area contributed by atoms with Gasteiger partial charge in [0.15, 0.2) is 0 Å². The molecule has 0 saturated carbocycles. The van der Waals surface area contributed by atoms with Gasteiger partial charge in [-0.15, -0.1) is 0 Å². The van der Waals surface area contributed by atoms with E-state index >= 15 is 0 Å². The molecule has 0 heterocycles. The Morgan fingerprint density at radius 1 is 0.484 bits per heavy atom. The summed E-state index contributed by atoms with van der Waals surface area (Å²) < 4.78 is 0.